The quantitative estimate of drug-likeness (QED) is 0.232. The Morgan fingerprint density at radius 3 is 2.53 bits per heavy atom. The van der Waals surface area contributed by atoms with E-state index in [2.05, 4.69) is 4.98 Å². The van der Waals surface area contributed by atoms with E-state index in [0.717, 1.165) is 11.3 Å². The van der Waals surface area contributed by atoms with Gasteiger partial charge in [-0.3, -0.25) is 14.5 Å². The highest BCUT2D eigenvalue weighted by Crippen LogP contribution is 2.45. The van der Waals surface area contributed by atoms with E-state index in [1.807, 2.05) is 0 Å². The van der Waals surface area contributed by atoms with Crippen molar-refractivity contribution in [1.82, 2.24) is 4.98 Å². The smallest absolute Gasteiger partial charge is 0.350 e. The van der Waals surface area contributed by atoms with E-state index in [-0.39, 0.29) is 26.9 Å². The number of carbonyl (C=O) groups excluding carboxylic acids is 3. The second-order valence-electron chi connectivity index (χ2n) is 7.98. The fourth-order valence-corrected chi connectivity index (χ4v) is 5.24. The van der Waals surface area contributed by atoms with Crippen molar-refractivity contribution >= 4 is 51.5 Å². The molecule has 36 heavy (non-hydrogen) atoms. The van der Waals surface area contributed by atoms with Gasteiger partial charge < -0.3 is 19.3 Å². The molecule has 5 rings (SSSR count). The molecule has 1 aromatic heterocycles. The minimum Gasteiger partial charge on any atom is -0.507 e. The molecule has 2 aromatic carbocycles. The zero-order valence-corrected chi connectivity index (χ0v) is 20.7. The molecule has 1 atom stereocenters. The number of amides is 1. The molecule has 11 heteroatoms. The maximum absolute atomic E-state index is 13.3. The van der Waals surface area contributed by atoms with Crippen LogP contribution < -0.4 is 14.4 Å². The summed E-state index contributed by atoms with van der Waals surface area (Å²) in [5.41, 5.74) is 1.02. The predicted octanol–water partition coefficient (Wildman–Crippen LogP) is 4.29. The largest absolute Gasteiger partial charge is 0.507 e. The van der Waals surface area contributed by atoms with Gasteiger partial charge in [-0.1, -0.05) is 35.1 Å². The molecule has 1 saturated heterocycles. The van der Waals surface area contributed by atoms with E-state index in [1.54, 1.807) is 49.4 Å². The lowest BCUT2D eigenvalue weighted by Gasteiger charge is -2.23. The van der Waals surface area contributed by atoms with Crippen molar-refractivity contribution < 1.29 is 33.7 Å². The first-order valence-corrected chi connectivity index (χ1v) is 12.0. The summed E-state index contributed by atoms with van der Waals surface area (Å²) in [4.78, 5) is 44.5. The zero-order chi connectivity index (χ0) is 25.6. The number of halogens is 1. The number of carbonyl (C=O) groups is 3. The first kappa shape index (κ1) is 23.8. The molecule has 0 spiro atoms. The number of aromatic nitrogens is 1. The molecule has 0 saturated carbocycles. The van der Waals surface area contributed by atoms with E-state index < -0.39 is 23.7 Å². The van der Waals surface area contributed by atoms with Gasteiger partial charge in [0.25, 0.3) is 5.78 Å². The molecular weight excluding hydrogens is 508 g/mol. The van der Waals surface area contributed by atoms with Crippen molar-refractivity contribution in [3.63, 3.8) is 0 Å². The number of aliphatic hydroxyl groups excluding tert-OH is 1. The molecule has 1 fully saturated rings. The lowest BCUT2D eigenvalue weighted by Crippen LogP contribution is -2.29. The van der Waals surface area contributed by atoms with Gasteiger partial charge in [0.2, 0.25) is 0 Å². The number of methoxy groups -OCH3 is 1. The number of ketones is 1. The van der Waals surface area contributed by atoms with Crippen molar-refractivity contribution in [3.8, 4) is 11.5 Å². The highest BCUT2D eigenvalue weighted by Gasteiger charge is 2.48. The predicted molar refractivity (Wildman–Crippen MR) is 132 cm³/mol. The molecule has 3 heterocycles. The third-order valence-corrected chi connectivity index (χ3v) is 7.20. The van der Waals surface area contributed by atoms with Crippen LogP contribution in [0.2, 0.25) is 5.02 Å². The fraction of sp³-hybridized carbons (Fsp3) is 0.200. The second kappa shape index (κ2) is 9.29. The lowest BCUT2D eigenvalue weighted by molar-refractivity contribution is -0.132. The number of aliphatic hydroxyl groups is 1. The molecule has 184 valence electrons. The van der Waals surface area contributed by atoms with Gasteiger partial charge in [0.05, 0.1) is 24.4 Å². The van der Waals surface area contributed by atoms with Gasteiger partial charge in [-0.15, -0.1) is 0 Å². The molecule has 2 aliphatic heterocycles. The minimum absolute atomic E-state index is 0.121. The van der Waals surface area contributed by atoms with Crippen LogP contribution in [-0.4, -0.2) is 48.1 Å². The Bertz CT molecular complexity index is 1430. The van der Waals surface area contributed by atoms with E-state index in [0.29, 0.717) is 41.0 Å². The van der Waals surface area contributed by atoms with Crippen LogP contribution in [0, 0.1) is 6.92 Å². The number of rotatable bonds is 4. The Balaban J connectivity index is 1.68. The Kier molecular flexibility index (Phi) is 6.15. The molecule has 9 nitrogen and oxygen atoms in total. The van der Waals surface area contributed by atoms with Crippen LogP contribution >= 0.6 is 22.9 Å². The summed E-state index contributed by atoms with van der Waals surface area (Å²) >= 11 is 7.00. The molecule has 2 aliphatic rings. The van der Waals surface area contributed by atoms with E-state index >= 15 is 0 Å². The monoisotopic (exact) mass is 526 g/mol. The number of esters is 1. The van der Waals surface area contributed by atoms with Gasteiger partial charge in [-0.2, -0.15) is 0 Å². The van der Waals surface area contributed by atoms with Gasteiger partial charge in [-0.05, 0) is 42.8 Å². The molecule has 0 bridgehead atoms. The normalized spacial score (nSPS) is 18.4. The average molecular weight is 527 g/mol. The summed E-state index contributed by atoms with van der Waals surface area (Å²) in [6.45, 7) is 2.36. The summed E-state index contributed by atoms with van der Waals surface area (Å²) in [7, 11) is 1.24. The number of aryl methyl sites for hydroxylation is 1. The molecule has 1 unspecified atom stereocenters. The third-order valence-electron chi connectivity index (χ3n) is 5.81. The van der Waals surface area contributed by atoms with E-state index in [4.69, 9.17) is 25.8 Å². The first-order chi connectivity index (χ1) is 17.3. The standard InChI is InChI=1S/C25H19ClN2O7S/c1-12-22(24(32)33-2)36-25(27-12)28-19(13-3-6-15(26)7-4-13)18(21(30)23(28)31)20(29)14-5-8-16-17(11-14)35-10-9-34-16/h3-8,11,19,29H,9-10H2,1-2H3. The maximum atomic E-state index is 13.3. The van der Waals surface area contributed by atoms with Gasteiger partial charge in [0.15, 0.2) is 16.6 Å². The summed E-state index contributed by atoms with van der Waals surface area (Å²) < 4.78 is 15.9. The van der Waals surface area contributed by atoms with Crippen LogP contribution in [0.3, 0.4) is 0 Å². The number of ether oxygens (including phenoxy) is 3. The number of Topliss-reactive ketones (excluding diaryl/α,β-unsaturated/α-hetero) is 1. The average Bonchev–Trinajstić information content (AvgIpc) is 3.40. The van der Waals surface area contributed by atoms with Crippen LogP contribution in [0.15, 0.2) is 48.0 Å². The Morgan fingerprint density at radius 2 is 1.83 bits per heavy atom. The summed E-state index contributed by atoms with van der Waals surface area (Å²) in [5, 5.41) is 11.9. The molecule has 1 amide bonds. The Hall–Kier alpha value is -3.89. The molecular formula is C25H19ClN2O7S. The summed E-state index contributed by atoms with van der Waals surface area (Å²) in [6, 6.07) is 10.3. The van der Waals surface area contributed by atoms with E-state index in [9.17, 15) is 19.5 Å². The second-order valence-corrected chi connectivity index (χ2v) is 9.40. The van der Waals surface area contributed by atoms with Crippen LogP contribution in [0.5, 0.6) is 11.5 Å². The number of thiazole rings is 1. The van der Waals surface area contributed by atoms with Crippen LogP contribution in [0.4, 0.5) is 5.13 Å². The molecule has 3 aromatic rings. The van der Waals surface area contributed by atoms with Crippen molar-refractivity contribution in [2.75, 3.05) is 25.2 Å². The maximum Gasteiger partial charge on any atom is 0.350 e. The van der Waals surface area contributed by atoms with Gasteiger partial charge in [-0.25, -0.2) is 9.78 Å². The Morgan fingerprint density at radius 1 is 1.14 bits per heavy atom. The highest BCUT2D eigenvalue weighted by molar-refractivity contribution is 7.17. The van der Waals surface area contributed by atoms with Crippen molar-refractivity contribution in [2.45, 2.75) is 13.0 Å². The zero-order valence-electron chi connectivity index (χ0n) is 19.1. The number of hydrogen-bond acceptors (Lipinski definition) is 9. The van der Waals surface area contributed by atoms with Crippen molar-refractivity contribution in [1.29, 1.82) is 0 Å². The van der Waals surface area contributed by atoms with Crippen LogP contribution in [0.1, 0.15) is 32.5 Å². The minimum atomic E-state index is -1.02. The van der Waals surface area contributed by atoms with E-state index in [1.165, 1.54) is 12.0 Å². The fourth-order valence-electron chi connectivity index (χ4n) is 4.10. The summed E-state index contributed by atoms with van der Waals surface area (Å²) in [6.07, 6.45) is 0. The molecule has 0 radical (unpaired) electrons. The van der Waals surface area contributed by atoms with Gasteiger partial charge in [0, 0.05) is 10.6 Å². The number of hydrogen-bond donors (Lipinski definition) is 1. The van der Waals surface area contributed by atoms with Gasteiger partial charge in [0.1, 0.15) is 23.9 Å². The topological polar surface area (TPSA) is 115 Å². The van der Waals surface area contributed by atoms with Crippen molar-refractivity contribution in [2.24, 2.45) is 0 Å². The summed E-state index contributed by atoms with van der Waals surface area (Å²) in [5.74, 6) is -1.84. The molecule has 0 aliphatic carbocycles. The SMILES string of the molecule is COC(=O)c1sc(N2C(=O)C(=O)C(=C(O)c3ccc4c(c3)OCCO4)C2c2ccc(Cl)cc2)nc1C. The molecule has 1 N–H and O–H groups in total. The lowest BCUT2D eigenvalue weighted by atomic mass is 9.95. The third kappa shape index (κ3) is 3.98. The van der Waals surface area contributed by atoms with Gasteiger partial charge >= 0.3 is 11.9 Å². The Labute approximate surface area is 214 Å². The number of nitrogens with zero attached hydrogens (tertiary/aromatic N) is 2. The van der Waals surface area contributed by atoms with Crippen LogP contribution in [-0.2, 0) is 14.3 Å². The number of fused-ring (bicyclic) bond motifs is 1. The first-order valence-electron chi connectivity index (χ1n) is 10.8. The highest BCUT2D eigenvalue weighted by atomic mass is 35.5. The van der Waals surface area contributed by atoms with Crippen LogP contribution in [0.25, 0.3) is 5.76 Å². The number of anilines is 1. The number of benzene rings is 2. The van der Waals surface area contributed by atoms with Crippen molar-refractivity contribution in [3.05, 3.63) is 74.8 Å².